The number of hydrogen-bond acceptors (Lipinski definition) is 5. The minimum atomic E-state index is -0.202. The summed E-state index contributed by atoms with van der Waals surface area (Å²) in [6, 6.07) is 4.28. The molecule has 0 aliphatic carbocycles. The van der Waals surface area contributed by atoms with Crippen molar-refractivity contribution >= 4 is 22.4 Å². The van der Waals surface area contributed by atoms with Crippen molar-refractivity contribution in [3.8, 4) is 0 Å². The monoisotopic (exact) mass is 302 g/mol. The number of aryl methyl sites for hydroxylation is 1. The molecule has 1 fully saturated rings. The first-order valence-electron chi connectivity index (χ1n) is 7.03. The lowest BCUT2D eigenvalue weighted by molar-refractivity contribution is 0.102. The molecule has 0 unspecified atom stereocenters. The van der Waals surface area contributed by atoms with Crippen LogP contribution in [0.4, 0.5) is 5.13 Å². The van der Waals surface area contributed by atoms with Crippen LogP contribution in [-0.2, 0) is 0 Å². The zero-order valence-corrected chi connectivity index (χ0v) is 13.0. The highest BCUT2D eigenvalue weighted by atomic mass is 32.1. The molecule has 1 saturated heterocycles. The molecular weight excluding hydrogens is 284 g/mol. The molecule has 2 aromatic heterocycles. The van der Waals surface area contributed by atoms with Crippen LogP contribution in [0.25, 0.3) is 0 Å². The fraction of sp³-hybridized carbons (Fsp3) is 0.400. The summed E-state index contributed by atoms with van der Waals surface area (Å²) in [4.78, 5) is 23.0. The summed E-state index contributed by atoms with van der Waals surface area (Å²) in [6.07, 6.45) is 4.04. The Kier molecular flexibility index (Phi) is 3.98. The van der Waals surface area contributed by atoms with E-state index in [-0.39, 0.29) is 5.91 Å². The molecule has 1 N–H and O–H groups in total. The van der Waals surface area contributed by atoms with Crippen molar-refractivity contribution in [3.05, 3.63) is 40.7 Å². The number of nitrogens with zero attached hydrogens (tertiary/aromatic N) is 3. The van der Waals surface area contributed by atoms with Crippen molar-refractivity contribution < 1.29 is 4.79 Å². The summed E-state index contributed by atoms with van der Waals surface area (Å²) >= 11 is 1.42. The van der Waals surface area contributed by atoms with Gasteiger partial charge in [-0.15, -0.1) is 11.3 Å². The molecule has 21 heavy (non-hydrogen) atoms. The third kappa shape index (κ3) is 3.11. The number of pyridine rings is 1. The lowest BCUT2D eigenvalue weighted by Gasteiger charge is -2.19. The van der Waals surface area contributed by atoms with E-state index in [1.165, 1.54) is 17.8 Å². The third-order valence-corrected chi connectivity index (χ3v) is 4.64. The van der Waals surface area contributed by atoms with Crippen LogP contribution in [0.5, 0.6) is 0 Å². The molecule has 1 aliphatic rings. The molecular formula is C15H18N4OS. The summed E-state index contributed by atoms with van der Waals surface area (Å²) in [7, 11) is 2.12. The first-order chi connectivity index (χ1) is 10.1. The normalized spacial score (nSPS) is 18.9. The molecule has 3 rings (SSSR count). The minimum absolute atomic E-state index is 0.202. The number of aromatic nitrogens is 2. The van der Waals surface area contributed by atoms with Gasteiger partial charge in [0.25, 0.3) is 5.91 Å². The lowest BCUT2D eigenvalue weighted by atomic mass is 10.1. The molecule has 110 valence electrons. The van der Waals surface area contributed by atoms with Gasteiger partial charge in [0.15, 0.2) is 5.13 Å². The van der Waals surface area contributed by atoms with Crippen LogP contribution in [0.2, 0.25) is 0 Å². The Morgan fingerprint density at radius 3 is 3.05 bits per heavy atom. The van der Waals surface area contributed by atoms with Gasteiger partial charge >= 0.3 is 0 Å². The van der Waals surface area contributed by atoms with E-state index in [4.69, 9.17) is 0 Å². The molecule has 0 radical (unpaired) electrons. The quantitative estimate of drug-likeness (QED) is 0.947. The van der Waals surface area contributed by atoms with E-state index in [9.17, 15) is 4.79 Å². The first-order valence-corrected chi connectivity index (χ1v) is 7.91. The summed E-state index contributed by atoms with van der Waals surface area (Å²) < 4.78 is 0. The second-order valence-electron chi connectivity index (χ2n) is 5.36. The highest BCUT2D eigenvalue weighted by Gasteiger charge is 2.23. The van der Waals surface area contributed by atoms with Gasteiger partial charge in [-0.05, 0) is 51.1 Å². The minimum Gasteiger partial charge on any atom is -0.299 e. The first kappa shape index (κ1) is 14.2. The van der Waals surface area contributed by atoms with Gasteiger partial charge in [0, 0.05) is 17.6 Å². The van der Waals surface area contributed by atoms with Crippen LogP contribution < -0.4 is 5.32 Å². The van der Waals surface area contributed by atoms with Crippen LogP contribution in [0.15, 0.2) is 23.7 Å². The van der Waals surface area contributed by atoms with E-state index in [1.807, 2.05) is 24.4 Å². The van der Waals surface area contributed by atoms with Crippen LogP contribution in [-0.4, -0.2) is 34.4 Å². The summed E-state index contributed by atoms with van der Waals surface area (Å²) in [5, 5.41) is 5.32. The summed E-state index contributed by atoms with van der Waals surface area (Å²) in [5.41, 5.74) is 2.51. The SMILES string of the molecule is Cc1csc(NC(=O)c2cc([C@@H]3CCCN3C)ccn2)n1. The van der Waals surface area contributed by atoms with Crippen molar-refractivity contribution in [2.24, 2.45) is 0 Å². The zero-order valence-electron chi connectivity index (χ0n) is 12.2. The summed E-state index contributed by atoms with van der Waals surface area (Å²) in [6.45, 7) is 3.01. The number of carbonyl (C=O) groups is 1. The molecule has 1 amide bonds. The van der Waals surface area contributed by atoms with Crippen molar-refractivity contribution in [2.75, 3.05) is 18.9 Å². The fourth-order valence-electron chi connectivity index (χ4n) is 2.68. The maximum Gasteiger partial charge on any atom is 0.276 e. The molecule has 3 heterocycles. The van der Waals surface area contributed by atoms with Crippen molar-refractivity contribution in [1.29, 1.82) is 0 Å². The van der Waals surface area contributed by atoms with E-state index in [2.05, 4.69) is 27.2 Å². The third-order valence-electron chi connectivity index (χ3n) is 3.76. The van der Waals surface area contributed by atoms with Gasteiger partial charge in [-0.3, -0.25) is 20.0 Å². The van der Waals surface area contributed by atoms with Crippen LogP contribution >= 0.6 is 11.3 Å². The Labute approximate surface area is 128 Å². The van der Waals surface area contributed by atoms with Crippen LogP contribution in [0, 0.1) is 6.92 Å². The van der Waals surface area contributed by atoms with Gasteiger partial charge in [-0.25, -0.2) is 4.98 Å². The lowest BCUT2D eigenvalue weighted by Crippen LogP contribution is -2.19. The van der Waals surface area contributed by atoms with E-state index < -0.39 is 0 Å². The molecule has 0 aromatic carbocycles. The van der Waals surface area contributed by atoms with Gasteiger partial charge in [-0.1, -0.05) is 0 Å². The number of likely N-dealkylation sites (tertiary alicyclic amines) is 1. The number of hydrogen-bond donors (Lipinski definition) is 1. The average molecular weight is 302 g/mol. The van der Waals surface area contributed by atoms with Crippen LogP contribution in [0.3, 0.4) is 0 Å². The van der Waals surface area contributed by atoms with E-state index >= 15 is 0 Å². The largest absolute Gasteiger partial charge is 0.299 e. The number of carbonyl (C=O) groups excluding carboxylic acids is 1. The van der Waals surface area contributed by atoms with E-state index in [0.717, 1.165) is 24.2 Å². The molecule has 5 nitrogen and oxygen atoms in total. The fourth-order valence-corrected chi connectivity index (χ4v) is 3.37. The van der Waals surface area contributed by atoms with Gasteiger partial charge in [0.05, 0.1) is 5.69 Å². The molecule has 1 atom stereocenters. The molecule has 1 aliphatic heterocycles. The standard InChI is InChI=1S/C15H18N4OS/c1-10-9-21-15(17-10)18-14(20)12-8-11(5-6-16-12)13-4-3-7-19(13)2/h5-6,8-9,13H,3-4,7H2,1-2H3,(H,17,18,20)/t13-/m0/s1. The highest BCUT2D eigenvalue weighted by molar-refractivity contribution is 7.13. The van der Waals surface area contributed by atoms with Crippen molar-refractivity contribution in [2.45, 2.75) is 25.8 Å². The number of amides is 1. The molecule has 6 heteroatoms. The van der Waals surface area contributed by atoms with Crippen molar-refractivity contribution in [1.82, 2.24) is 14.9 Å². The van der Waals surface area contributed by atoms with Gasteiger partial charge < -0.3 is 0 Å². The van der Waals surface area contributed by atoms with Crippen LogP contribution in [0.1, 0.15) is 40.6 Å². The molecule has 0 saturated carbocycles. The second kappa shape index (κ2) is 5.91. The van der Waals surface area contributed by atoms with E-state index in [1.54, 1.807) is 6.20 Å². The Morgan fingerprint density at radius 2 is 2.38 bits per heavy atom. The number of thiazole rings is 1. The smallest absolute Gasteiger partial charge is 0.276 e. The summed E-state index contributed by atoms with van der Waals surface area (Å²) in [5.74, 6) is -0.202. The number of rotatable bonds is 3. The Bertz CT molecular complexity index is 655. The van der Waals surface area contributed by atoms with Crippen molar-refractivity contribution in [3.63, 3.8) is 0 Å². The number of nitrogens with one attached hydrogen (secondary N) is 1. The Hall–Kier alpha value is -1.79. The molecule has 0 spiro atoms. The maximum absolute atomic E-state index is 12.3. The highest BCUT2D eigenvalue weighted by Crippen LogP contribution is 2.30. The average Bonchev–Trinajstić information content (AvgIpc) is 3.07. The van der Waals surface area contributed by atoms with Gasteiger partial charge in [-0.2, -0.15) is 0 Å². The topological polar surface area (TPSA) is 58.1 Å². The van der Waals surface area contributed by atoms with Gasteiger partial charge in [0.1, 0.15) is 5.69 Å². The predicted molar refractivity (Wildman–Crippen MR) is 83.6 cm³/mol. The second-order valence-corrected chi connectivity index (χ2v) is 6.22. The molecule has 0 bridgehead atoms. The maximum atomic E-state index is 12.3. The van der Waals surface area contributed by atoms with E-state index in [0.29, 0.717) is 16.9 Å². The van der Waals surface area contributed by atoms with Gasteiger partial charge in [0.2, 0.25) is 0 Å². The Morgan fingerprint density at radius 1 is 1.52 bits per heavy atom. The number of anilines is 1. The molecule has 2 aromatic rings. The Balaban J connectivity index is 1.77. The predicted octanol–water partition coefficient (Wildman–Crippen LogP) is 2.87. The zero-order chi connectivity index (χ0) is 14.8.